The van der Waals surface area contributed by atoms with Crippen LogP contribution in [-0.2, 0) is 14.4 Å². The Morgan fingerprint density at radius 3 is 2.48 bits per heavy atom. The predicted molar refractivity (Wildman–Crippen MR) is 112 cm³/mol. The number of carbonyl (C=O) groups is 4. The van der Waals surface area contributed by atoms with Crippen molar-refractivity contribution >= 4 is 74.6 Å². The molecule has 2 unspecified atom stereocenters. The van der Waals surface area contributed by atoms with Crippen molar-refractivity contribution in [1.29, 1.82) is 0 Å². The van der Waals surface area contributed by atoms with Gasteiger partial charge >= 0.3 is 5.97 Å². The lowest BCUT2D eigenvalue weighted by molar-refractivity contribution is -0.145. The molecule has 8 nitrogen and oxygen atoms in total. The van der Waals surface area contributed by atoms with E-state index in [1.165, 1.54) is 23.2 Å². The third kappa shape index (κ3) is 4.40. The van der Waals surface area contributed by atoms with E-state index in [0.717, 1.165) is 11.8 Å². The minimum absolute atomic E-state index is 0.0360. The molecule has 3 amide bonds. The number of carboxylic acid groups (broad SMARTS) is 1. The molecule has 0 saturated carbocycles. The first kappa shape index (κ1) is 21.9. The van der Waals surface area contributed by atoms with E-state index in [2.05, 4.69) is 26.6 Å². The number of rotatable bonds is 6. The molecule has 0 aliphatic carbocycles. The number of hydrogen-bond acceptors (Lipinski definition) is 5. The highest BCUT2D eigenvalue weighted by Crippen LogP contribution is 2.40. The molecule has 3 atom stereocenters. The number of thioether (sulfide) groups is 1. The lowest BCUT2D eigenvalue weighted by atomic mass is 10.1. The number of hydrogen-bond donors (Lipinski definition) is 3. The Labute approximate surface area is 188 Å². The number of benzene rings is 1. The highest BCUT2D eigenvalue weighted by atomic mass is 79.9. The number of halogens is 3. The molecule has 0 spiro atoms. The first-order chi connectivity index (χ1) is 13.7. The van der Waals surface area contributed by atoms with Crippen LogP contribution in [0.25, 0.3) is 0 Å². The molecule has 154 valence electrons. The van der Waals surface area contributed by atoms with Crippen molar-refractivity contribution in [1.82, 2.24) is 15.5 Å². The number of β-lactam (4-membered cyclic amide) rings is 1. The van der Waals surface area contributed by atoms with Crippen LogP contribution in [0, 0.1) is 0 Å². The molecule has 1 fully saturated rings. The number of alkyl halides is 1. The standard InChI is InChI=1S/C17H14BrCl2N3O5S/c18-4-10(24)22-12-15(26)23-6-7(13(17(27)28)29-16(12)23)5-21-14(25)11-8(19)2-1-3-9(11)20/h1-3,6,12-13,16H,4-5H2,(H,21,25)(H,22,24)(H,27,28)/t12?,13?,16-/m1/s1. The number of nitrogens with one attached hydrogen (secondary N) is 2. The molecule has 0 aromatic heterocycles. The van der Waals surface area contributed by atoms with Gasteiger partial charge in [-0.3, -0.25) is 19.2 Å². The zero-order chi connectivity index (χ0) is 21.3. The van der Waals surface area contributed by atoms with Gasteiger partial charge in [0.15, 0.2) is 0 Å². The van der Waals surface area contributed by atoms with E-state index < -0.39 is 28.5 Å². The molecule has 1 aromatic rings. The van der Waals surface area contributed by atoms with Crippen molar-refractivity contribution in [3.8, 4) is 0 Å². The Bertz CT molecular complexity index is 908. The SMILES string of the molecule is O=C(CBr)NC1C(=O)N2C=C(CNC(=O)c3c(Cl)cccc3Cl)C(C(=O)O)S[C@H]12. The van der Waals surface area contributed by atoms with Gasteiger partial charge in [0.25, 0.3) is 11.8 Å². The molecule has 29 heavy (non-hydrogen) atoms. The second-order valence-corrected chi connectivity index (χ2v) is 8.75. The van der Waals surface area contributed by atoms with Gasteiger partial charge in [0.2, 0.25) is 5.91 Å². The van der Waals surface area contributed by atoms with Gasteiger partial charge in [-0.1, -0.05) is 45.2 Å². The summed E-state index contributed by atoms with van der Waals surface area (Å²) in [6, 6.07) is 3.84. The van der Waals surface area contributed by atoms with Crippen molar-refractivity contribution in [2.75, 3.05) is 11.9 Å². The maximum absolute atomic E-state index is 12.4. The van der Waals surface area contributed by atoms with E-state index in [1.807, 2.05) is 0 Å². The second kappa shape index (κ2) is 8.95. The van der Waals surface area contributed by atoms with E-state index in [9.17, 15) is 24.3 Å². The average molecular weight is 523 g/mol. The fourth-order valence-electron chi connectivity index (χ4n) is 2.93. The summed E-state index contributed by atoms with van der Waals surface area (Å²) in [5, 5.41) is 13.6. The minimum atomic E-state index is -1.11. The third-order valence-corrected chi connectivity index (χ3v) is 7.00. The predicted octanol–water partition coefficient (Wildman–Crippen LogP) is 1.86. The summed E-state index contributed by atoms with van der Waals surface area (Å²) >= 11 is 16.1. The largest absolute Gasteiger partial charge is 0.480 e. The lowest BCUT2D eigenvalue weighted by Gasteiger charge is -2.48. The molecule has 1 saturated heterocycles. The van der Waals surface area contributed by atoms with Crippen LogP contribution >= 0.6 is 50.9 Å². The molecular formula is C17H14BrCl2N3O5S. The van der Waals surface area contributed by atoms with Crippen molar-refractivity contribution in [3.05, 3.63) is 45.6 Å². The van der Waals surface area contributed by atoms with Crippen molar-refractivity contribution in [2.24, 2.45) is 0 Å². The molecular weight excluding hydrogens is 509 g/mol. The lowest BCUT2D eigenvalue weighted by Crippen LogP contribution is -2.69. The Kier molecular flexibility index (Phi) is 6.77. The van der Waals surface area contributed by atoms with Crippen LogP contribution in [0.5, 0.6) is 0 Å². The van der Waals surface area contributed by atoms with Crippen LogP contribution in [-0.4, -0.2) is 62.2 Å². The van der Waals surface area contributed by atoms with E-state index in [4.69, 9.17) is 23.2 Å². The Hall–Kier alpha value is -1.75. The minimum Gasteiger partial charge on any atom is -0.480 e. The Balaban J connectivity index is 1.74. The maximum atomic E-state index is 12.4. The van der Waals surface area contributed by atoms with Crippen LogP contribution in [0.2, 0.25) is 10.0 Å². The van der Waals surface area contributed by atoms with Gasteiger partial charge in [-0.2, -0.15) is 0 Å². The summed E-state index contributed by atoms with van der Waals surface area (Å²) in [5.74, 6) is -2.39. The zero-order valence-corrected chi connectivity index (χ0v) is 18.4. The Morgan fingerprint density at radius 2 is 1.90 bits per heavy atom. The fraction of sp³-hybridized carbons (Fsp3) is 0.294. The van der Waals surface area contributed by atoms with E-state index >= 15 is 0 Å². The first-order valence-electron chi connectivity index (χ1n) is 8.23. The van der Waals surface area contributed by atoms with Crippen molar-refractivity contribution in [3.63, 3.8) is 0 Å². The van der Waals surface area contributed by atoms with E-state index in [-0.39, 0.29) is 39.3 Å². The van der Waals surface area contributed by atoms with Gasteiger partial charge in [0.1, 0.15) is 16.7 Å². The monoisotopic (exact) mass is 521 g/mol. The number of aliphatic carboxylic acids is 1. The van der Waals surface area contributed by atoms with Gasteiger partial charge in [-0.25, -0.2) is 0 Å². The summed E-state index contributed by atoms with van der Waals surface area (Å²) in [6.07, 6.45) is 1.41. The molecule has 0 bridgehead atoms. The topological polar surface area (TPSA) is 116 Å². The number of fused-ring (bicyclic) bond motifs is 1. The normalized spacial score (nSPS) is 22.9. The molecule has 3 rings (SSSR count). The van der Waals surface area contributed by atoms with Gasteiger partial charge in [-0.05, 0) is 17.7 Å². The number of carbonyl (C=O) groups excluding carboxylic acids is 3. The van der Waals surface area contributed by atoms with Crippen molar-refractivity contribution < 1.29 is 24.3 Å². The molecule has 12 heteroatoms. The highest BCUT2D eigenvalue weighted by Gasteiger charge is 2.52. The summed E-state index contributed by atoms with van der Waals surface area (Å²) in [6.45, 7) is -0.112. The first-order valence-corrected chi connectivity index (χ1v) is 11.0. The molecule has 0 radical (unpaired) electrons. The summed E-state index contributed by atoms with van der Waals surface area (Å²) in [4.78, 5) is 49.3. The average Bonchev–Trinajstić information content (AvgIpc) is 2.69. The summed E-state index contributed by atoms with van der Waals surface area (Å²) < 4.78 is 0. The summed E-state index contributed by atoms with van der Waals surface area (Å²) in [5.41, 5.74) is 0.413. The van der Waals surface area contributed by atoms with Crippen LogP contribution in [0.15, 0.2) is 30.0 Å². The van der Waals surface area contributed by atoms with Crippen LogP contribution in [0.1, 0.15) is 10.4 Å². The molecule has 2 aliphatic heterocycles. The molecule has 3 N–H and O–H groups in total. The van der Waals surface area contributed by atoms with E-state index in [0.29, 0.717) is 5.57 Å². The number of carboxylic acids is 1. The summed E-state index contributed by atoms with van der Waals surface area (Å²) in [7, 11) is 0. The van der Waals surface area contributed by atoms with Crippen LogP contribution < -0.4 is 10.6 Å². The van der Waals surface area contributed by atoms with Crippen molar-refractivity contribution in [2.45, 2.75) is 16.7 Å². The van der Waals surface area contributed by atoms with Gasteiger partial charge in [0.05, 0.1) is 20.9 Å². The molecule has 2 heterocycles. The fourth-order valence-corrected chi connectivity index (χ4v) is 5.01. The smallest absolute Gasteiger partial charge is 0.321 e. The van der Waals surface area contributed by atoms with Gasteiger partial charge in [0, 0.05) is 12.7 Å². The maximum Gasteiger partial charge on any atom is 0.321 e. The molecule has 2 aliphatic rings. The van der Waals surface area contributed by atoms with Gasteiger partial charge in [-0.15, -0.1) is 11.8 Å². The third-order valence-electron chi connectivity index (χ3n) is 4.30. The second-order valence-electron chi connectivity index (χ2n) is 6.15. The zero-order valence-electron chi connectivity index (χ0n) is 14.5. The Morgan fingerprint density at radius 1 is 1.24 bits per heavy atom. The number of nitrogens with zero attached hydrogens (tertiary/aromatic N) is 1. The highest BCUT2D eigenvalue weighted by molar-refractivity contribution is 9.09. The number of amides is 3. The van der Waals surface area contributed by atoms with Gasteiger partial charge < -0.3 is 20.6 Å². The van der Waals surface area contributed by atoms with Crippen LogP contribution in [0.4, 0.5) is 0 Å². The molecule has 1 aromatic carbocycles. The quantitative estimate of drug-likeness (QED) is 0.388. The van der Waals surface area contributed by atoms with Crippen LogP contribution in [0.3, 0.4) is 0 Å². The van der Waals surface area contributed by atoms with E-state index in [1.54, 1.807) is 6.07 Å².